The molecule has 3 rings (SSSR count). The van der Waals surface area contributed by atoms with Gasteiger partial charge in [0.2, 0.25) is 5.76 Å². The van der Waals surface area contributed by atoms with E-state index in [1.165, 1.54) is 18.2 Å². The normalized spacial score (nSPS) is 14.7. The Morgan fingerprint density at radius 3 is 2.61 bits per heavy atom. The van der Waals surface area contributed by atoms with Gasteiger partial charge < -0.3 is 19.7 Å². The van der Waals surface area contributed by atoms with Crippen LogP contribution in [0, 0.1) is 16.0 Å². The van der Waals surface area contributed by atoms with Crippen molar-refractivity contribution in [3.63, 3.8) is 0 Å². The molecule has 0 spiro atoms. The second-order valence-corrected chi connectivity index (χ2v) is 6.88. The van der Waals surface area contributed by atoms with Crippen molar-refractivity contribution in [3.8, 4) is 0 Å². The Hall–Kier alpha value is -3.36. The number of aromatic carboxylic acids is 1. The molecule has 0 atom stereocenters. The van der Waals surface area contributed by atoms with Crippen LogP contribution >= 0.6 is 0 Å². The van der Waals surface area contributed by atoms with Gasteiger partial charge in [-0.3, -0.25) is 14.9 Å². The van der Waals surface area contributed by atoms with Gasteiger partial charge in [0.05, 0.1) is 11.5 Å². The summed E-state index contributed by atoms with van der Waals surface area (Å²) in [5.41, 5.74) is 0.574. The maximum absolute atomic E-state index is 12.4. The van der Waals surface area contributed by atoms with E-state index in [9.17, 15) is 19.7 Å². The molecule has 9 heteroatoms. The molecule has 1 aromatic heterocycles. The Bertz CT molecular complexity index is 899. The number of nitrogens with one attached hydrogen (secondary N) is 1. The molecule has 0 bridgehead atoms. The van der Waals surface area contributed by atoms with Gasteiger partial charge in [-0.2, -0.15) is 0 Å². The molecule has 0 saturated carbocycles. The lowest BCUT2D eigenvalue weighted by molar-refractivity contribution is -0.384. The second kappa shape index (κ2) is 8.12. The van der Waals surface area contributed by atoms with E-state index < -0.39 is 16.8 Å². The van der Waals surface area contributed by atoms with E-state index in [0.29, 0.717) is 11.6 Å². The number of anilines is 1. The Kier molecular flexibility index (Phi) is 5.62. The Balaban J connectivity index is 1.72. The standard InChI is InChI=1S/C19H21N3O6/c1-12-6-8-21(9-7-12)15-4-2-13(10-16(15)22(26)27)18(23)20-11-14-3-5-17(28-14)19(24)25/h2-5,10,12H,6-9,11H2,1H3,(H,20,23)(H,24,25). The third kappa shape index (κ3) is 4.30. The quantitative estimate of drug-likeness (QED) is 0.576. The average Bonchev–Trinajstić information content (AvgIpc) is 3.15. The van der Waals surface area contributed by atoms with Gasteiger partial charge in [0.25, 0.3) is 11.6 Å². The molecule has 0 unspecified atom stereocenters. The first kappa shape index (κ1) is 19.4. The fourth-order valence-electron chi connectivity index (χ4n) is 3.19. The van der Waals surface area contributed by atoms with Crippen molar-refractivity contribution in [2.24, 2.45) is 5.92 Å². The number of furan rings is 1. The minimum atomic E-state index is -1.20. The predicted molar refractivity (Wildman–Crippen MR) is 101 cm³/mol. The summed E-state index contributed by atoms with van der Waals surface area (Å²) in [6, 6.07) is 7.18. The molecule has 2 N–H and O–H groups in total. The number of nitro groups is 1. The largest absolute Gasteiger partial charge is 0.475 e. The van der Waals surface area contributed by atoms with Gasteiger partial charge in [-0.15, -0.1) is 0 Å². The van der Waals surface area contributed by atoms with Crippen LogP contribution in [-0.4, -0.2) is 35.0 Å². The number of carboxylic acids is 1. The molecule has 1 aliphatic heterocycles. The van der Waals surface area contributed by atoms with Crippen LogP contribution in [-0.2, 0) is 6.54 Å². The van der Waals surface area contributed by atoms with Gasteiger partial charge in [0, 0.05) is 24.7 Å². The Labute approximate surface area is 161 Å². The number of nitro benzene ring substituents is 1. The number of amides is 1. The van der Waals surface area contributed by atoms with Gasteiger partial charge in [0.15, 0.2) is 0 Å². The number of benzene rings is 1. The zero-order valence-electron chi connectivity index (χ0n) is 15.4. The molecule has 2 aromatic rings. The van der Waals surface area contributed by atoms with Gasteiger partial charge in [-0.05, 0) is 43.0 Å². The SMILES string of the molecule is CC1CCN(c2ccc(C(=O)NCc3ccc(C(=O)O)o3)cc2[N+](=O)[O-])CC1. The summed E-state index contributed by atoms with van der Waals surface area (Å²) >= 11 is 0. The lowest BCUT2D eigenvalue weighted by atomic mass is 9.98. The number of rotatable bonds is 6. The smallest absolute Gasteiger partial charge is 0.371 e. The molecule has 2 heterocycles. The van der Waals surface area contributed by atoms with Crippen molar-refractivity contribution in [2.45, 2.75) is 26.3 Å². The molecule has 28 heavy (non-hydrogen) atoms. The van der Waals surface area contributed by atoms with E-state index in [-0.39, 0.29) is 29.3 Å². The first-order valence-electron chi connectivity index (χ1n) is 8.98. The number of hydrogen-bond acceptors (Lipinski definition) is 6. The fraction of sp³-hybridized carbons (Fsp3) is 0.368. The van der Waals surface area contributed by atoms with E-state index in [0.717, 1.165) is 25.9 Å². The van der Waals surface area contributed by atoms with E-state index in [4.69, 9.17) is 9.52 Å². The number of carbonyl (C=O) groups excluding carboxylic acids is 1. The van der Waals surface area contributed by atoms with Crippen molar-refractivity contribution in [1.82, 2.24) is 5.32 Å². The lowest BCUT2D eigenvalue weighted by Gasteiger charge is -2.31. The highest BCUT2D eigenvalue weighted by atomic mass is 16.6. The molecule has 0 radical (unpaired) electrons. The van der Waals surface area contributed by atoms with Crippen LogP contribution in [0.1, 0.15) is 46.4 Å². The molecule has 148 valence electrons. The van der Waals surface area contributed by atoms with Crippen molar-refractivity contribution in [3.05, 3.63) is 57.5 Å². The Morgan fingerprint density at radius 1 is 1.29 bits per heavy atom. The summed E-state index contributed by atoms with van der Waals surface area (Å²) in [6.07, 6.45) is 1.95. The summed E-state index contributed by atoms with van der Waals surface area (Å²) in [5.74, 6) is -1.05. The summed E-state index contributed by atoms with van der Waals surface area (Å²) < 4.78 is 5.07. The molecule has 1 saturated heterocycles. The third-order valence-electron chi connectivity index (χ3n) is 4.85. The van der Waals surface area contributed by atoms with Crippen LogP contribution in [0.5, 0.6) is 0 Å². The highest BCUT2D eigenvalue weighted by Gasteiger charge is 2.24. The molecule has 1 aromatic carbocycles. The van der Waals surface area contributed by atoms with E-state index in [2.05, 4.69) is 12.2 Å². The van der Waals surface area contributed by atoms with Crippen LogP contribution in [0.2, 0.25) is 0 Å². The zero-order chi connectivity index (χ0) is 20.3. The maximum Gasteiger partial charge on any atom is 0.371 e. The van der Waals surface area contributed by atoms with Crippen molar-refractivity contribution in [2.75, 3.05) is 18.0 Å². The minimum absolute atomic E-state index is 0.0221. The Morgan fingerprint density at radius 2 is 2.00 bits per heavy atom. The second-order valence-electron chi connectivity index (χ2n) is 6.88. The molecule has 1 fully saturated rings. The van der Waals surface area contributed by atoms with Crippen LogP contribution < -0.4 is 10.2 Å². The van der Waals surface area contributed by atoms with Gasteiger partial charge >= 0.3 is 5.97 Å². The topological polar surface area (TPSA) is 126 Å². The van der Waals surface area contributed by atoms with Crippen LogP contribution in [0.4, 0.5) is 11.4 Å². The van der Waals surface area contributed by atoms with Crippen LogP contribution in [0.25, 0.3) is 0 Å². The average molecular weight is 387 g/mol. The van der Waals surface area contributed by atoms with Crippen molar-refractivity contribution >= 4 is 23.3 Å². The number of hydrogen-bond donors (Lipinski definition) is 2. The molecule has 9 nitrogen and oxygen atoms in total. The van der Waals surface area contributed by atoms with E-state index >= 15 is 0 Å². The first-order chi connectivity index (χ1) is 13.3. The van der Waals surface area contributed by atoms with Crippen molar-refractivity contribution in [1.29, 1.82) is 0 Å². The maximum atomic E-state index is 12.4. The minimum Gasteiger partial charge on any atom is -0.475 e. The number of piperidine rings is 1. The molecule has 0 aliphatic carbocycles. The summed E-state index contributed by atoms with van der Waals surface area (Å²) in [7, 11) is 0. The summed E-state index contributed by atoms with van der Waals surface area (Å²) in [6.45, 7) is 3.64. The van der Waals surface area contributed by atoms with Crippen LogP contribution in [0.3, 0.4) is 0 Å². The number of carboxylic acid groups (broad SMARTS) is 1. The van der Waals surface area contributed by atoms with E-state index in [1.807, 2.05) is 4.90 Å². The lowest BCUT2D eigenvalue weighted by Crippen LogP contribution is -2.33. The zero-order valence-corrected chi connectivity index (χ0v) is 15.4. The fourth-order valence-corrected chi connectivity index (χ4v) is 3.19. The third-order valence-corrected chi connectivity index (χ3v) is 4.85. The van der Waals surface area contributed by atoms with Crippen molar-refractivity contribution < 1.29 is 24.0 Å². The van der Waals surface area contributed by atoms with Crippen LogP contribution in [0.15, 0.2) is 34.7 Å². The number of carbonyl (C=O) groups is 2. The number of nitrogens with zero attached hydrogens (tertiary/aromatic N) is 2. The highest BCUT2D eigenvalue weighted by molar-refractivity contribution is 5.95. The molecule has 1 aliphatic rings. The predicted octanol–water partition coefficient (Wildman–Crippen LogP) is 3.05. The van der Waals surface area contributed by atoms with Gasteiger partial charge in [-0.1, -0.05) is 6.92 Å². The highest BCUT2D eigenvalue weighted by Crippen LogP contribution is 2.32. The van der Waals surface area contributed by atoms with E-state index in [1.54, 1.807) is 12.1 Å². The monoisotopic (exact) mass is 387 g/mol. The van der Waals surface area contributed by atoms with Gasteiger partial charge in [0.1, 0.15) is 11.4 Å². The molecule has 1 amide bonds. The summed E-state index contributed by atoms with van der Waals surface area (Å²) in [5, 5.41) is 22.9. The molecular weight excluding hydrogens is 366 g/mol. The first-order valence-corrected chi connectivity index (χ1v) is 8.98. The molecular formula is C19H21N3O6. The van der Waals surface area contributed by atoms with Gasteiger partial charge in [-0.25, -0.2) is 4.79 Å². The summed E-state index contributed by atoms with van der Waals surface area (Å²) in [4.78, 5) is 36.2.